The topological polar surface area (TPSA) is 96.9 Å². The number of amides is 2. The summed E-state index contributed by atoms with van der Waals surface area (Å²) in [5.41, 5.74) is 4.49. The van der Waals surface area contributed by atoms with Gasteiger partial charge in [-0.25, -0.2) is 10.2 Å². The Labute approximate surface area is 193 Å². The number of ether oxygens (including phenoxy) is 1. The van der Waals surface area contributed by atoms with E-state index in [1.807, 2.05) is 19.1 Å². The van der Waals surface area contributed by atoms with E-state index in [0.717, 1.165) is 5.56 Å². The van der Waals surface area contributed by atoms with Crippen LogP contribution in [-0.4, -0.2) is 24.0 Å². The minimum Gasteiger partial charge on any atom is -0.422 e. The summed E-state index contributed by atoms with van der Waals surface area (Å²) in [5, 5.41) is 6.39. The molecule has 0 aromatic heterocycles. The van der Waals surface area contributed by atoms with Crippen LogP contribution in [0.4, 0.5) is 5.69 Å². The predicted octanol–water partition coefficient (Wildman–Crippen LogP) is 4.32. The molecule has 3 aromatic rings. The summed E-state index contributed by atoms with van der Waals surface area (Å²) >= 11 is 3.32. The molecule has 0 unspecified atom stereocenters. The van der Waals surface area contributed by atoms with E-state index in [1.54, 1.807) is 60.7 Å². The van der Waals surface area contributed by atoms with Crippen molar-refractivity contribution in [3.05, 3.63) is 94.0 Å². The fourth-order valence-electron chi connectivity index (χ4n) is 2.80. The number of carbonyl (C=O) groups excluding carboxylic acids is 3. The van der Waals surface area contributed by atoms with Crippen molar-refractivity contribution in [2.75, 3.05) is 5.32 Å². The van der Waals surface area contributed by atoms with Gasteiger partial charge in [0.05, 0.1) is 11.8 Å². The number of nitrogens with one attached hydrogen (secondary N) is 2. The Hall–Kier alpha value is -3.78. The number of hydrogen-bond acceptors (Lipinski definition) is 5. The lowest BCUT2D eigenvalue weighted by molar-refractivity contribution is -0.136. The van der Waals surface area contributed by atoms with Crippen LogP contribution in [0.25, 0.3) is 0 Å². The van der Waals surface area contributed by atoms with E-state index in [2.05, 4.69) is 31.8 Å². The Morgan fingerprint density at radius 3 is 2.41 bits per heavy atom. The van der Waals surface area contributed by atoms with Gasteiger partial charge in [-0.2, -0.15) is 5.10 Å². The van der Waals surface area contributed by atoms with Gasteiger partial charge in [-0.1, -0.05) is 49.4 Å². The van der Waals surface area contributed by atoms with Crippen LogP contribution in [0.1, 0.15) is 28.4 Å². The second-order valence-electron chi connectivity index (χ2n) is 6.57. The molecule has 0 bridgehead atoms. The average Bonchev–Trinajstić information content (AvgIpc) is 2.80. The number of hydrazone groups is 1. The molecule has 0 radical (unpaired) electrons. The van der Waals surface area contributed by atoms with Crippen molar-refractivity contribution in [2.45, 2.75) is 13.3 Å². The van der Waals surface area contributed by atoms with Crippen LogP contribution in [0.2, 0.25) is 0 Å². The van der Waals surface area contributed by atoms with Gasteiger partial charge in [-0.15, -0.1) is 0 Å². The maximum absolute atomic E-state index is 12.5. The Morgan fingerprint density at radius 1 is 0.938 bits per heavy atom. The normalized spacial score (nSPS) is 10.6. The first-order valence-corrected chi connectivity index (χ1v) is 10.6. The van der Waals surface area contributed by atoms with E-state index >= 15 is 0 Å². The summed E-state index contributed by atoms with van der Waals surface area (Å²) in [7, 11) is 0. The molecule has 3 aromatic carbocycles. The molecular formula is C24H20BrN3O4. The molecule has 7 nitrogen and oxygen atoms in total. The predicted molar refractivity (Wildman–Crippen MR) is 126 cm³/mol. The van der Waals surface area contributed by atoms with Gasteiger partial charge in [0.1, 0.15) is 5.75 Å². The second kappa shape index (κ2) is 11.0. The minimum atomic E-state index is -0.921. The van der Waals surface area contributed by atoms with Crippen LogP contribution in [0, 0.1) is 0 Å². The SMILES string of the molecule is CCc1ccccc1NC(=O)C(=O)N/N=C/c1ccccc1OC(=O)c1ccccc1Br. The molecule has 8 heteroatoms. The molecule has 3 rings (SSSR count). The van der Waals surface area contributed by atoms with Crippen LogP contribution >= 0.6 is 15.9 Å². The highest BCUT2D eigenvalue weighted by atomic mass is 79.9. The lowest BCUT2D eigenvalue weighted by atomic mass is 10.1. The minimum absolute atomic E-state index is 0.257. The number of benzene rings is 3. The molecule has 0 heterocycles. The molecule has 0 saturated carbocycles. The van der Waals surface area contributed by atoms with E-state index in [9.17, 15) is 14.4 Å². The summed E-state index contributed by atoms with van der Waals surface area (Å²) in [6.07, 6.45) is 2.01. The van der Waals surface area contributed by atoms with Crippen molar-refractivity contribution in [3.63, 3.8) is 0 Å². The van der Waals surface area contributed by atoms with Gasteiger partial charge in [0.2, 0.25) is 0 Å². The molecule has 0 aliphatic rings. The van der Waals surface area contributed by atoms with E-state index in [4.69, 9.17) is 4.74 Å². The van der Waals surface area contributed by atoms with Gasteiger partial charge in [0.25, 0.3) is 0 Å². The molecule has 32 heavy (non-hydrogen) atoms. The van der Waals surface area contributed by atoms with Crippen LogP contribution in [-0.2, 0) is 16.0 Å². The number of esters is 1. The molecule has 162 valence electrons. The van der Waals surface area contributed by atoms with Crippen molar-refractivity contribution < 1.29 is 19.1 Å². The fourth-order valence-corrected chi connectivity index (χ4v) is 3.25. The Morgan fingerprint density at radius 2 is 1.62 bits per heavy atom. The number of para-hydroxylation sites is 2. The third-order valence-corrected chi connectivity index (χ3v) is 5.13. The Balaban J connectivity index is 1.64. The summed E-state index contributed by atoms with van der Waals surface area (Å²) in [4.78, 5) is 36.7. The quantitative estimate of drug-likeness (QED) is 0.175. The van der Waals surface area contributed by atoms with E-state index in [-0.39, 0.29) is 5.75 Å². The van der Waals surface area contributed by atoms with Crippen molar-refractivity contribution >= 4 is 45.6 Å². The zero-order valence-corrected chi connectivity index (χ0v) is 18.8. The van der Waals surface area contributed by atoms with Gasteiger partial charge in [0.15, 0.2) is 0 Å². The highest BCUT2D eigenvalue weighted by Gasteiger charge is 2.15. The van der Waals surface area contributed by atoms with Crippen LogP contribution in [0.15, 0.2) is 82.4 Å². The first-order valence-electron chi connectivity index (χ1n) is 9.77. The van der Waals surface area contributed by atoms with Crippen LogP contribution in [0.5, 0.6) is 5.75 Å². The number of anilines is 1. The number of rotatable bonds is 6. The molecule has 0 atom stereocenters. The van der Waals surface area contributed by atoms with E-state index in [1.165, 1.54) is 6.21 Å². The molecule has 0 aliphatic heterocycles. The van der Waals surface area contributed by atoms with Crippen molar-refractivity contribution in [2.24, 2.45) is 5.10 Å². The van der Waals surface area contributed by atoms with Crippen LogP contribution in [0.3, 0.4) is 0 Å². The number of aryl methyl sites for hydroxylation is 1. The van der Waals surface area contributed by atoms with E-state index < -0.39 is 17.8 Å². The lowest BCUT2D eigenvalue weighted by Crippen LogP contribution is -2.32. The largest absolute Gasteiger partial charge is 0.422 e. The molecule has 0 saturated heterocycles. The summed E-state index contributed by atoms with van der Waals surface area (Å²) in [6.45, 7) is 1.95. The zero-order valence-electron chi connectivity index (χ0n) is 17.2. The van der Waals surface area contributed by atoms with Crippen molar-refractivity contribution in [1.29, 1.82) is 0 Å². The monoisotopic (exact) mass is 493 g/mol. The van der Waals surface area contributed by atoms with Gasteiger partial charge < -0.3 is 10.1 Å². The summed E-state index contributed by atoms with van der Waals surface area (Å²) in [6, 6.07) is 20.8. The molecule has 2 N–H and O–H groups in total. The van der Waals surface area contributed by atoms with Crippen molar-refractivity contribution in [3.8, 4) is 5.75 Å². The molecular weight excluding hydrogens is 474 g/mol. The van der Waals surface area contributed by atoms with Gasteiger partial charge in [-0.05, 0) is 58.2 Å². The third-order valence-electron chi connectivity index (χ3n) is 4.44. The summed E-state index contributed by atoms with van der Waals surface area (Å²) in [5.74, 6) is -2.05. The van der Waals surface area contributed by atoms with E-state index in [0.29, 0.717) is 27.7 Å². The number of hydrogen-bond donors (Lipinski definition) is 2. The second-order valence-corrected chi connectivity index (χ2v) is 7.43. The fraction of sp³-hybridized carbons (Fsp3) is 0.0833. The Kier molecular flexibility index (Phi) is 7.88. The molecule has 0 fully saturated rings. The number of halogens is 1. The zero-order chi connectivity index (χ0) is 22.9. The summed E-state index contributed by atoms with van der Waals surface area (Å²) < 4.78 is 6.08. The van der Waals surface area contributed by atoms with Crippen LogP contribution < -0.4 is 15.5 Å². The van der Waals surface area contributed by atoms with Crippen molar-refractivity contribution in [1.82, 2.24) is 5.43 Å². The first kappa shape index (κ1) is 22.9. The average molecular weight is 494 g/mol. The third kappa shape index (κ3) is 5.89. The van der Waals surface area contributed by atoms with Gasteiger partial charge in [0, 0.05) is 15.7 Å². The smallest absolute Gasteiger partial charge is 0.344 e. The van der Waals surface area contributed by atoms with Gasteiger partial charge >= 0.3 is 17.8 Å². The maximum atomic E-state index is 12.5. The molecule has 2 amide bonds. The van der Waals surface area contributed by atoms with Gasteiger partial charge in [-0.3, -0.25) is 9.59 Å². The Bertz CT molecular complexity index is 1180. The highest BCUT2D eigenvalue weighted by Crippen LogP contribution is 2.21. The number of carbonyl (C=O) groups is 3. The lowest BCUT2D eigenvalue weighted by Gasteiger charge is -2.09. The standard InChI is InChI=1S/C24H20BrN3O4/c1-2-16-9-3-7-13-20(16)27-22(29)23(30)28-26-15-17-10-4-8-14-21(17)32-24(31)18-11-5-6-12-19(18)25/h3-15H,2H2,1H3,(H,27,29)(H,28,30)/b26-15+. The first-order chi connectivity index (χ1) is 15.5. The number of nitrogens with zero attached hydrogens (tertiary/aromatic N) is 1. The highest BCUT2D eigenvalue weighted by molar-refractivity contribution is 9.10. The maximum Gasteiger partial charge on any atom is 0.344 e. The molecule has 0 spiro atoms. The molecule has 0 aliphatic carbocycles.